The van der Waals surface area contributed by atoms with Crippen LogP contribution in [0.3, 0.4) is 0 Å². The molecule has 2 aliphatic rings. The van der Waals surface area contributed by atoms with Gasteiger partial charge in [-0.15, -0.1) is 0 Å². The lowest BCUT2D eigenvalue weighted by Crippen LogP contribution is -2.35. The fourth-order valence-electron chi connectivity index (χ4n) is 3.14. The third-order valence-corrected chi connectivity index (χ3v) is 4.00. The standard InChI is InChI=1S/C14H20N2/c1-2-4-12(5-3-1)9-16-10-13-6-7-15-8-14(13)11-16/h1-5,13-15H,6-11H2/t13-,14-/m1/s1. The summed E-state index contributed by atoms with van der Waals surface area (Å²) in [5.41, 5.74) is 1.45. The molecule has 2 fully saturated rings. The van der Waals surface area contributed by atoms with Gasteiger partial charge in [0.2, 0.25) is 0 Å². The Morgan fingerprint density at radius 3 is 2.75 bits per heavy atom. The summed E-state index contributed by atoms with van der Waals surface area (Å²) in [6, 6.07) is 10.8. The molecule has 2 atom stereocenters. The zero-order valence-electron chi connectivity index (χ0n) is 9.73. The largest absolute Gasteiger partial charge is 0.316 e. The monoisotopic (exact) mass is 216 g/mol. The van der Waals surface area contributed by atoms with Crippen molar-refractivity contribution >= 4 is 0 Å². The van der Waals surface area contributed by atoms with Gasteiger partial charge in [0.1, 0.15) is 0 Å². The Morgan fingerprint density at radius 1 is 1.12 bits per heavy atom. The smallest absolute Gasteiger partial charge is 0.0233 e. The third-order valence-electron chi connectivity index (χ3n) is 4.00. The van der Waals surface area contributed by atoms with Crippen LogP contribution in [0.5, 0.6) is 0 Å². The maximum Gasteiger partial charge on any atom is 0.0233 e. The van der Waals surface area contributed by atoms with Crippen LogP contribution in [0.25, 0.3) is 0 Å². The Kier molecular flexibility index (Phi) is 2.94. The lowest BCUT2D eigenvalue weighted by atomic mass is 9.90. The van der Waals surface area contributed by atoms with Crippen molar-refractivity contribution in [3.63, 3.8) is 0 Å². The molecule has 2 aliphatic heterocycles. The van der Waals surface area contributed by atoms with Gasteiger partial charge in [0.25, 0.3) is 0 Å². The molecule has 2 saturated heterocycles. The van der Waals surface area contributed by atoms with Crippen LogP contribution in [-0.2, 0) is 6.54 Å². The number of rotatable bonds is 2. The summed E-state index contributed by atoms with van der Waals surface area (Å²) in [7, 11) is 0. The first-order chi connectivity index (χ1) is 7.92. The quantitative estimate of drug-likeness (QED) is 0.810. The Bertz CT molecular complexity index is 322. The van der Waals surface area contributed by atoms with Gasteiger partial charge in [0.15, 0.2) is 0 Å². The molecule has 1 N–H and O–H groups in total. The molecule has 0 saturated carbocycles. The second-order valence-corrected chi connectivity index (χ2v) is 5.19. The molecule has 2 heteroatoms. The Balaban J connectivity index is 1.61. The predicted octanol–water partition coefficient (Wildman–Crippen LogP) is 1.73. The SMILES string of the molecule is c1ccc(CN2C[C@H]3CCNC[C@@H]3C2)cc1. The van der Waals surface area contributed by atoms with E-state index < -0.39 is 0 Å². The highest BCUT2D eigenvalue weighted by Crippen LogP contribution is 2.28. The van der Waals surface area contributed by atoms with E-state index in [4.69, 9.17) is 0 Å². The number of nitrogens with one attached hydrogen (secondary N) is 1. The van der Waals surface area contributed by atoms with E-state index in [1.807, 2.05) is 0 Å². The molecular formula is C14H20N2. The first-order valence-corrected chi connectivity index (χ1v) is 6.39. The fourth-order valence-corrected chi connectivity index (χ4v) is 3.14. The zero-order valence-corrected chi connectivity index (χ0v) is 9.73. The molecule has 1 aromatic rings. The number of fused-ring (bicyclic) bond motifs is 1. The summed E-state index contributed by atoms with van der Waals surface area (Å²) in [5.74, 6) is 1.85. The highest BCUT2D eigenvalue weighted by atomic mass is 15.2. The van der Waals surface area contributed by atoms with Gasteiger partial charge in [-0.1, -0.05) is 30.3 Å². The first kappa shape index (κ1) is 10.3. The van der Waals surface area contributed by atoms with Gasteiger partial charge in [-0.3, -0.25) is 4.90 Å². The molecule has 0 bridgehead atoms. The Morgan fingerprint density at radius 2 is 1.94 bits per heavy atom. The molecule has 0 amide bonds. The second-order valence-electron chi connectivity index (χ2n) is 5.19. The Labute approximate surface area is 97.6 Å². The summed E-state index contributed by atoms with van der Waals surface area (Å²) in [5, 5.41) is 3.51. The third kappa shape index (κ3) is 2.13. The van der Waals surface area contributed by atoms with Gasteiger partial charge in [-0.05, 0) is 36.9 Å². The molecule has 0 aliphatic carbocycles. The van der Waals surface area contributed by atoms with Gasteiger partial charge >= 0.3 is 0 Å². The summed E-state index contributed by atoms with van der Waals surface area (Å²) < 4.78 is 0. The van der Waals surface area contributed by atoms with Crippen molar-refractivity contribution in [3.05, 3.63) is 35.9 Å². The highest BCUT2D eigenvalue weighted by Gasteiger charge is 2.33. The zero-order chi connectivity index (χ0) is 10.8. The van der Waals surface area contributed by atoms with E-state index in [1.54, 1.807) is 0 Å². The normalized spacial score (nSPS) is 30.2. The maximum atomic E-state index is 3.51. The van der Waals surface area contributed by atoms with E-state index >= 15 is 0 Å². The molecule has 86 valence electrons. The molecule has 1 aromatic carbocycles. The molecule has 3 rings (SSSR count). The van der Waals surface area contributed by atoms with Crippen LogP contribution in [0.1, 0.15) is 12.0 Å². The fraction of sp³-hybridized carbons (Fsp3) is 0.571. The van der Waals surface area contributed by atoms with E-state index in [0.29, 0.717) is 0 Å². The van der Waals surface area contributed by atoms with Crippen LogP contribution >= 0.6 is 0 Å². The van der Waals surface area contributed by atoms with Crippen molar-refractivity contribution in [1.29, 1.82) is 0 Å². The number of nitrogens with zero attached hydrogens (tertiary/aromatic N) is 1. The number of benzene rings is 1. The topological polar surface area (TPSA) is 15.3 Å². The van der Waals surface area contributed by atoms with Gasteiger partial charge in [0, 0.05) is 19.6 Å². The van der Waals surface area contributed by atoms with Gasteiger partial charge in [0.05, 0.1) is 0 Å². The van der Waals surface area contributed by atoms with E-state index in [1.165, 1.54) is 38.2 Å². The van der Waals surface area contributed by atoms with Crippen LogP contribution in [-0.4, -0.2) is 31.1 Å². The van der Waals surface area contributed by atoms with Crippen LogP contribution in [0.2, 0.25) is 0 Å². The molecule has 0 radical (unpaired) electrons. The van der Waals surface area contributed by atoms with Crippen molar-refractivity contribution in [2.75, 3.05) is 26.2 Å². The average Bonchev–Trinajstić information content (AvgIpc) is 2.72. The van der Waals surface area contributed by atoms with Crippen molar-refractivity contribution in [2.24, 2.45) is 11.8 Å². The lowest BCUT2D eigenvalue weighted by molar-refractivity contribution is 0.313. The van der Waals surface area contributed by atoms with Crippen molar-refractivity contribution < 1.29 is 0 Å². The summed E-state index contributed by atoms with van der Waals surface area (Å²) in [6.45, 7) is 6.18. The van der Waals surface area contributed by atoms with Crippen molar-refractivity contribution in [2.45, 2.75) is 13.0 Å². The van der Waals surface area contributed by atoms with Crippen LogP contribution < -0.4 is 5.32 Å². The van der Waals surface area contributed by atoms with Crippen molar-refractivity contribution in [1.82, 2.24) is 10.2 Å². The van der Waals surface area contributed by atoms with E-state index in [9.17, 15) is 0 Å². The van der Waals surface area contributed by atoms with Crippen LogP contribution in [0, 0.1) is 11.8 Å². The summed E-state index contributed by atoms with van der Waals surface area (Å²) >= 11 is 0. The molecular weight excluding hydrogens is 196 g/mol. The lowest BCUT2D eigenvalue weighted by Gasteiger charge is -2.24. The molecule has 0 aromatic heterocycles. The molecule has 16 heavy (non-hydrogen) atoms. The molecule has 0 unspecified atom stereocenters. The molecule has 2 nitrogen and oxygen atoms in total. The minimum atomic E-state index is 0.900. The number of likely N-dealkylation sites (tertiary alicyclic amines) is 1. The minimum Gasteiger partial charge on any atom is -0.316 e. The van der Waals surface area contributed by atoms with Gasteiger partial charge < -0.3 is 5.32 Å². The number of piperidine rings is 1. The highest BCUT2D eigenvalue weighted by molar-refractivity contribution is 5.14. The van der Waals surface area contributed by atoms with E-state index in [2.05, 4.69) is 40.5 Å². The summed E-state index contributed by atoms with van der Waals surface area (Å²) in [6.07, 6.45) is 1.37. The van der Waals surface area contributed by atoms with Crippen LogP contribution in [0.15, 0.2) is 30.3 Å². The van der Waals surface area contributed by atoms with E-state index in [-0.39, 0.29) is 0 Å². The summed E-state index contributed by atoms with van der Waals surface area (Å²) in [4.78, 5) is 2.62. The first-order valence-electron chi connectivity index (χ1n) is 6.39. The minimum absolute atomic E-state index is 0.900. The molecule has 0 spiro atoms. The van der Waals surface area contributed by atoms with Crippen molar-refractivity contribution in [3.8, 4) is 0 Å². The average molecular weight is 216 g/mol. The van der Waals surface area contributed by atoms with Crippen LogP contribution in [0.4, 0.5) is 0 Å². The number of hydrogen-bond acceptors (Lipinski definition) is 2. The van der Waals surface area contributed by atoms with Gasteiger partial charge in [-0.25, -0.2) is 0 Å². The maximum absolute atomic E-state index is 3.51. The van der Waals surface area contributed by atoms with Gasteiger partial charge in [-0.2, -0.15) is 0 Å². The predicted molar refractivity (Wildman–Crippen MR) is 66.2 cm³/mol. The van der Waals surface area contributed by atoms with E-state index in [0.717, 1.165) is 18.4 Å². The second kappa shape index (κ2) is 4.56. The Hall–Kier alpha value is -0.860. The number of hydrogen-bond donors (Lipinski definition) is 1. The molecule has 2 heterocycles.